The molecule has 1 aliphatic rings. The van der Waals surface area contributed by atoms with Gasteiger partial charge in [-0.25, -0.2) is 0 Å². The third-order valence-electron chi connectivity index (χ3n) is 4.27. The molecule has 2 nitrogen and oxygen atoms in total. The quantitative estimate of drug-likeness (QED) is 0.501. The van der Waals surface area contributed by atoms with Gasteiger partial charge in [0, 0.05) is 12.6 Å². The first-order valence-electron chi connectivity index (χ1n) is 8.04. The van der Waals surface area contributed by atoms with Crippen LogP contribution in [0.5, 0.6) is 5.75 Å². The van der Waals surface area contributed by atoms with E-state index in [1.54, 1.807) is 14.2 Å². The van der Waals surface area contributed by atoms with Crippen LogP contribution >= 0.6 is 0 Å². The Morgan fingerprint density at radius 2 is 1.91 bits per heavy atom. The molecule has 0 bridgehead atoms. The van der Waals surface area contributed by atoms with Crippen molar-refractivity contribution in [2.24, 2.45) is 0 Å². The Labute approximate surface area is 141 Å². The van der Waals surface area contributed by atoms with Gasteiger partial charge in [-0.3, -0.25) is 0 Å². The summed E-state index contributed by atoms with van der Waals surface area (Å²) in [5, 5.41) is 0. The molecule has 0 saturated carbocycles. The van der Waals surface area contributed by atoms with Crippen molar-refractivity contribution in [3.63, 3.8) is 0 Å². The van der Waals surface area contributed by atoms with E-state index < -0.39 is 0 Å². The first-order valence-corrected chi connectivity index (χ1v) is 8.04. The minimum absolute atomic E-state index is 0. The van der Waals surface area contributed by atoms with E-state index in [9.17, 15) is 0 Å². The zero-order chi connectivity index (χ0) is 16.8. The zero-order valence-corrected chi connectivity index (χ0v) is 14.6. The van der Waals surface area contributed by atoms with Gasteiger partial charge in [0.15, 0.2) is 0 Å². The van der Waals surface area contributed by atoms with E-state index in [1.807, 2.05) is 31.2 Å². The van der Waals surface area contributed by atoms with Gasteiger partial charge in [-0.15, -0.1) is 0 Å². The number of benzene rings is 1. The maximum absolute atomic E-state index is 5.64. The van der Waals surface area contributed by atoms with Crippen molar-refractivity contribution in [1.29, 1.82) is 0 Å². The Kier molecular flexibility index (Phi) is 5.86. The summed E-state index contributed by atoms with van der Waals surface area (Å²) in [6, 6.07) is 5.99. The van der Waals surface area contributed by atoms with E-state index in [1.165, 1.54) is 17.6 Å². The predicted molar refractivity (Wildman–Crippen MR) is 99.7 cm³/mol. The first-order chi connectivity index (χ1) is 11.1. The maximum Gasteiger partial charge on any atom is 0.127 e. The van der Waals surface area contributed by atoms with E-state index in [4.69, 9.17) is 9.47 Å². The fraction of sp³-hybridized carbons (Fsp3) is 0.333. The standard InChI is InChI=1S/C21H26O2.H2/c1-15-10-7-6-8-11-18(15)16(2)14-21(23-5)19-12-9-13-20(22-4)17(19)3;/h9-14H,2,6-8H2,1,3-5H3;1H/b21-14-;. The van der Waals surface area contributed by atoms with Gasteiger partial charge in [0.05, 0.1) is 14.2 Å². The van der Waals surface area contributed by atoms with Crippen LogP contribution in [0.25, 0.3) is 5.76 Å². The third kappa shape index (κ3) is 3.95. The highest BCUT2D eigenvalue weighted by atomic mass is 16.5. The van der Waals surface area contributed by atoms with E-state index in [0.717, 1.165) is 41.1 Å². The number of methoxy groups -OCH3 is 2. The average Bonchev–Trinajstić information content (AvgIpc) is 2.77. The number of ether oxygens (including phenoxy) is 2. The minimum Gasteiger partial charge on any atom is -0.496 e. The van der Waals surface area contributed by atoms with Crippen LogP contribution in [0.2, 0.25) is 0 Å². The molecule has 2 heteroatoms. The molecule has 1 aromatic carbocycles. The number of hydrogen-bond donors (Lipinski definition) is 0. The molecular formula is C21H28O2. The number of allylic oxidation sites excluding steroid dienone is 6. The van der Waals surface area contributed by atoms with E-state index in [2.05, 4.69) is 25.7 Å². The van der Waals surface area contributed by atoms with Crippen LogP contribution in [0.3, 0.4) is 0 Å². The van der Waals surface area contributed by atoms with Crippen LogP contribution in [-0.2, 0) is 4.74 Å². The van der Waals surface area contributed by atoms with E-state index in [-0.39, 0.29) is 1.43 Å². The first kappa shape index (κ1) is 17.1. The van der Waals surface area contributed by atoms with Gasteiger partial charge in [-0.05, 0) is 62.0 Å². The Bertz CT molecular complexity index is 681. The van der Waals surface area contributed by atoms with E-state index >= 15 is 0 Å². The van der Waals surface area contributed by atoms with Crippen molar-refractivity contribution in [2.75, 3.05) is 14.2 Å². The highest BCUT2D eigenvalue weighted by Crippen LogP contribution is 2.30. The third-order valence-corrected chi connectivity index (χ3v) is 4.27. The van der Waals surface area contributed by atoms with Gasteiger partial charge in [-0.2, -0.15) is 0 Å². The van der Waals surface area contributed by atoms with Crippen LogP contribution in [-0.4, -0.2) is 14.2 Å². The Morgan fingerprint density at radius 1 is 1.17 bits per heavy atom. The van der Waals surface area contributed by atoms with Crippen LogP contribution in [0.4, 0.5) is 0 Å². The molecule has 0 radical (unpaired) electrons. The van der Waals surface area contributed by atoms with Crippen LogP contribution in [0.15, 0.2) is 59.7 Å². The van der Waals surface area contributed by atoms with Crippen LogP contribution in [0.1, 0.15) is 38.7 Å². The molecule has 0 N–H and O–H groups in total. The lowest BCUT2D eigenvalue weighted by Crippen LogP contribution is -1.97. The summed E-state index contributed by atoms with van der Waals surface area (Å²) in [6.07, 6.45) is 10.0. The Morgan fingerprint density at radius 3 is 2.61 bits per heavy atom. The molecule has 0 unspecified atom stereocenters. The molecule has 2 rings (SSSR count). The molecule has 124 valence electrons. The lowest BCUT2D eigenvalue weighted by molar-refractivity contribution is 0.368. The Balaban J connectivity index is 0.00000288. The van der Waals surface area contributed by atoms with Crippen molar-refractivity contribution >= 4 is 5.76 Å². The topological polar surface area (TPSA) is 18.5 Å². The highest BCUT2D eigenvalue weighted by Gasteiger charge is 2.12. The molecule has 0 heterocycles. The van der Waals surface area contributed by atoms with Crippen molar-refractivity contribution in [1.82, 2.24) is 0 Å². The molecule has 0 amide bonds. The fourth-order valence-electron chi connectivity index (χ4n) is 2.92. The number of rotatable bonds is 5. The lowest BCUT2D eigenvalue weighted by Gasteiger charge is -2.14. The molecule has 1 aromatic rings. The van der Waals surface area contributed by atoms with E-state index in [0.29, 0.717) is 0 Å². The summed E-state index contributed by atoms with van der Waals surface area (Å²) in [7, 11) is 3.38. The highest BCUT2D eigenvalue weighted by molar-refractivity contribution is 5.70. The maximum atomic E-state index is 5.64. The van der Waals surface area contributed by atoms with Gasteiger partial charge in [0.2, 0.25) is 0 Å². The van der Waals surface area contributed by atoms with Crippen molar-refractivity contribution in [3.05, 3.63) is 70.9 Å². The second kappa shape index (κ2) is 7.87. The van der Waals surface area contributed by atoms with Crippen molar-refractivity contribution in [3.8, 4) is 5.75 Å². The summed E-state index contributed by atoms with van der Waals surface area (Å²) < 4.78 is 11.1. The molecule has 1 aliphatic carbocycles. The Hall–Kier alpha value is -2.22. The second-order valence-corrected chi connectivity index (χ2v) is 5.81. The van der Waals surface area contributed by atoms with Gasteiger partial charge < -0.3 is 9.47 Å². The summed E-state index contributed by atoms with van der Waals surface area (Å²) in [6.45, 7) is 8.45. The largest absolute Gasteiger partial charge is 0.496 e. The zero-order valence-electron chi connectivity index (χ0n) is 14.6. The summed E-state index contributed by atoms with van der Waals surface area (Å²) >= 11 is 0. The second-order valence-electron chi connectivity index (χ2n) is 5.81. The summed E-state index contributed by atoms with van der Waals surface area (Å²) in [5.74, 6) is 1.67. The predicted octanol–water partition coefficient (Wildman–Crippen LogP) is 5.85. The smallest absolute Gasteiger partial charge is 0.127 e. The average molecular weight is 312 g/mol. The summed E-state index contributed by atoms with van der Waals surface area (Å²) in [5.41, 5.74) is 5.60. The molecule has 0 spiro atoms. The molecule has 0 aromatic heterocycles. The van der Waals surface area contributed by atoms with Gasteiger partial charge in [-0.1, -0.05) is 30.9 Å². The lowest BCUT2D eigenvalue weighted by atomic mass is 9.97. The molecule has 0 atom stereocenters. The van der Waals surface area contributed by atoms with Crippen molar-refractivity contribution < 1.29 is 10.9 Å². The molecule has 0 aliphatic heterocycles. The van der Waals surface area contributed by atoms with Crippen LogP contribution in [0, 0.1) is 6.92 Å². The molecule has 23 heavy (non-hydrogen) atoms. The molecular weight excluding hydrogens is 284 g/mol. The number of hydrogen-bond acceptors (Lipinski definition) is 2. The normalized spacial score (nSPS) is 15.4. The molecule has 0 saturated heterocycles. The minimum atomic E-state index is 0. The fourth-order valence-corrected chi connectivity index (χ4v) is 2.92. The molecule has 0 fully saturated rings. The van der Waals surface area contributed by atoms with Gasteiger partial charge >= 0.3 is 0 Å². The van der Waals surface area contributed by atoms with Crippen LogP contribution < -0.4 is 4.74 Å². The monoisotopic (exact) mass is 312 g/mol. The van der Waals surface area contributed by atoms with Crippen molar-refractivity contribution in [2.45, 2.75) is 33.1 Å². The SMILES string of the molecule is C=C(/C=C(\OC)c1cccc(OC)c1C)C1=CCCCC=C1C.[HH]. The van der Waals surface area contributed by atoms with Gasteiger partial charge in [0.1, 0.15) is 11.5 Å². The summed E-state index contributed by atoms with van der Waals surface area (Å²) in [4.78, 5) is 0. The van der Waals surface area contributed by atoms with Gasteiger partial charge in [0.25, 0.3) is 0 Å².